The molecule has 1 heterocycles. The minimum Gasteiger partial charge on any atom is -0.507 e. The lowest BCUT2D eigenvalue weighted by atomic mass is 9.78. The van der Waals surface area contributed by atoms with E-state index in [-0.39, 0.29) is 17.3 Å². The first-order valence-corrected chi connectivity index (χ1v) is 11.5. The Morgan fingerprint density at radius 3 is 2.16 bits per heavy atom. The van der Waals surface area contributed by atoms with E-state index in [0.717, 1.165) is 22.4 Å². The van der Waals surface area contributed by atoms with Crippen molar-refractivity contribution in [2.24, 2.45) is 0 Å². The van der Waals surface area contributed by atoms with Crippen molar-refractivity contribution in [1.29, 1.82) is 5.26 Å². The number of rotatable bonds is 7. The molecular weight excluding hydrogens is 424 g/mol. The Kier molecular flexibility index (Phi) is 7.84. The maximum Gasteiger partial charge on any atom is 0.306 e. The van der Waals surface area contributed by atoms with E-state index in [9.17, 15) is 20.0 Å². The number of esters is 1. The second kappa shape index (κ2) is 9.83. The summed E-state index contributed by atoms with van der Waals surface area (Å²) >= 11 is 1.24. The molecule has 0 aliphatic heterocycles. The van der Waals surface area contributed by atoms with Crippen molar-refractivity contribution >= 4 is 23.1 Å². The quantitative estimate of drug-likeness (QED) is 0.582. The highest BCUT2D eigenvalue weighted by Gasteiger charge is 2.27. The summed E-state index contributed by atoms with van der Waals surface area (Å²) in [6.45, 7) is 13.5. The van der Waals surface area contributed by atoms with Crippen LogP contribution in [0.1, 0.15) is 81.3 Å². The molecule has 32 heavy (non-hydrogen) atoms. The van der Waals surface area contributed by atoms with E-state index >= 15 is 0 Å². The van der Waals surface area contributed by atoms with Crippen LogP contribution in [0.2, 0.25) is 0 Å². The fourth-order valence-corrected chi connectivity index (χ4v) is 4.17. The highest BCUT2D eigenvalue weighted by Crippen LogP contribution is 2.40. The number of thiazole rings is 1. The Bertz CT molecular complexity index is 1000. The standard InChI is InChI=1S/C25H32N2O4S/c1-15-14-32-23(27-15)17(12-26)20(28)13-31-21(29)9-8-16-10-18(24(2,3)4)22(30)19(11-16)25(5,6)7/h10-11,14,17,30H,8-9,13H2,1-7H3/t17-/m1/s1. The van der Waals surface area contributed by atoms with Crippen LogP contribution < -0.4 is 0 Å². The molecule has 0 bridgehead atoms. The van der Waals surface area contributed by atoms with Crippen LogP contribution in [-0.2, 0) is 31.6 Å². The third-order valence-corrected chi connectivity index (χ3v) is 6.14. The molecule has 0 amide bonds. The molecule has 0 fully saturated rings. The molecule has 172 valence electrons. The number of nitriles is 1. The van der Waals surface area contributed by atoms with Gasteiger partial charge in [0.15, 0.2) is 18.3 Å². The second-order valence-corrected chi connectivity index (χ2v) is 10.9. The van der Waals surface area contributed by atoms with Gasteiger partial charge in [0.05, 0.1) is 6.07 Å². The van der Waals surface area contributed by atoms with Gasteiger partial charge >= 0.3 is 5.97 Å². The predicted molar refractivity (Wildman–Crippen MR) is 125 cm³/mol. The number of ether oxygens (including phenoxy) is 1. The zero-order valence-corrected chi connectivity index (χ0v) is 20.7. The van der Waals surface area contributed by atoms with Gasteiger partial charge in [0.1, 0.15) is 10.8 Å². The average molecular weight is 457 g/mol. The summed E-state index contributed by atoms with van der Waals surface area (Å²) in [5, 5.41) is 22.3. The fourth-order valence-electron chi connectivity index (χ4n) is 3.31. The number of benzene rings is 1. The van der Waals surface area contributed by atoms with E-state index in [1.54, 1.807) is 12.3 Å². The largest absolute Gasteiger partial charge is 0.507 e. The lowest BCUT2D eigenvalue weighted by Crippen LogP contribution is -2.20. The monoisotopic (exact) mass is 456 g/mol. The Labute approximate surface area is 194 Å². The number of aromatic hydroxyl groups is 1. The summed E-state index contributed by atoms with van der Waals surface area (Å²) in [6, 6.07) is 5.80. The van der Waals surface area contributed by atoms with Gasteiger partial charge in [-0.2, -0.15) is 5.26 Å². The molecule has 2 aromatic rings. The molecule has 1 aromatic heterocycles. The number of hydrogen-bond donors (Lipinski definition) is 1. The van der Waals surface area contributed by atoms with E-state index in [2.05, 4.69) is 4.98 Å². The van der Waals surface area contributed by atoms with Gasteiger partial charge in [-0.15, -0.1) is 11.3 Å². The minimum atomic E-state index is -1.03. The summed E-state index contributed by atoms with van der Waals surface area (Å²) < 4.78 is 5.14. The highest BCUT2D eigenvalue weighted by molar-refractivity contribution is 7.09. The number of hydrogen-bond acceptors (Lipinski definition) is 7. The smallest absolute Gasteiger partial charge is 0.306 e. The number of carbonyl (C=O) groups excluding carboxylic acids is 2. The van der Waals surface area contributed by atoms with Crippen molar-refractivity contribution < 1.29 is 19.4 Å². The number of nitrogens with zero attached hydrogens (tertiary/aromatic N) is 2. The van der Waals surface area contributed by atoms with Crippen molar-refractivity contribution in [2.75, 3.05) is 6.61 Å². The van der Waals surface area contributed by atoms with Gasteiger partial charge < -0.3 is 9.84 Å². The van der Waals surface area contributed by atoms with Crippen LogP contribution in [0, 0.1) is 18.3 Å². The maximum atomic E-state index is 12.3. The molecule has 6 nitrogen and oxygen atoms in total. The van der Waals surface area contributed by atoms with E-state index in [1.165, 1.54) is 11.3 Å². The zero-order valence-electron chi connectivity index (χ0n) is 19.9. The van der Waals surface area contributed by atoms with Gasteiger partial charge in [0.2, 0.25) is 0 Å². The first-order valence-electron chi connectivity index (χ1n) is 10.6. The van der Waals surface area contributed by atoms with Crippen LogP contribution >= 0.6 is 11.3 Å². The molecule has 0 aliphatic carbocycles. The van der Waals surface area contributed by atoms with Gasteiger partial charge in [-0.1, -0.05) is 53.7 Å². The number of phenolic OH excluding ortho intramolecular Hbond substituents is 1. The normalized spacial score (nSPS) is 12.8. The molecule has 7 heteroatoms. The molecule has 2 rings (SSSR count). The fraction of sp³-hybridized carbons (Fsp3) is 0.520. The number of carbonyl (C=O) groups is 2. The third-order valence-electron chi connectivity index (χ3n) is 5.11. The first-order chi connectivity index (χ1) is 14.7. The zero-order chi connectivity index (χ0) is 24.3. The number of aromatic nitrogens is 1. The summed E-state index contributed by atoms with van der Waals surface area (Å²) in [5.41, 5.74) is 2.82. The van der Waals surface area contributed by atoms with Crippen LogP contribution in [0.4, 0.5) is 0 Å². The molecule has 1 atom stereocenters. The number of aryl methyl sites for hydroxylation is 2. The minimum absolute atomic E-state index is 0.0960. The Hall–Kier alpha value is -2.72. The summed E-state index contributed by atoms with van der Waals surface area (Å²) in [7, 11) is 0. The molecule has 0 unspecified atom stereocenters. The van der Waals surface area contributed by atoms with Crippen LogP contribution in [0.25, 0.3) is 0 Å². The average Bonchev–Trinajstić information content (AvgIpc) is 3.10. The van der Waals surface area contributed by atoms with Crippen LogP contribution in [0.5, 0.6) is 5.75 Å². The molecular formula is C25H32N2O4S. The Morgan fingerprint density at radius 1 is 1.16 bits per heavy atom. The second-order valence-electron chi connectivity index (χ2n) is 10.1. The van der Waals surface area contributed by atoms with Crippen LogP contribution in [0.15, 0.2) is 17.5 Å². The van der Waals surface area contributed by atoms with E-state index < -0.39 is 24.3 Å². The van der Waals surface area contributed by atoms with Gasteiger partial charge in [-0.3, -0.25) is 9.59 Å². The SMILES string of the molecule is Cc1csc([C@H](C#N)C(=O)COC(=O)CCc2cc(C(C)(C)C)c(O)c(C(C)(C)C)c2)n1. The number of Topliss-reactive ketones (excluding diaryl/α,β-unsaturated/α-hetero) is 1. The summed E-state index contributed by atoms with van der Waals surface area (Å²) in [5.74, 6) is -1.72. The van der Waals surface area contributed by atoms with Crippen molar-refractivity contribution in [3.05, 3.63) is 44.9 Å². The van der Waals surface area contributed by atoms with Crippen molar-refractivity contribution in [3.8, 4) is 11.8 Å². The van der Waals surface area contributed by atoms with E-state index in [0.29, 0.717) is 17.2 Å². The Balaban J connectivity index is 2.06. The van der Waals surface area contributed by atoms with Gasteiger partial charge in [0.25, 0.3) is 0 Å². The molecule has 0 saturated heterocycles. The van der Waals surface area contributed by atoms with Crippen LogP contribution in [0.3, 0.4) is 0 Å². The van der Waals surface area contributed by atoms with Crippen molar-refractivity contribution in [1.82, 2.24) is 4.98 Å². The van der Waals surface area contributed by atoms with Gasteiger partial charge in [0, 0.05) is 17.5 Å². The summed E-state index contributed by atoms with van der Waals surface area (Å²) in [4.78, 5) is 28.8. The van der Waals surface area contributed by atoms with Crippen molar-refractivity contribution in [2.45, 2.75) is 78.1 Å². The topological polar surface area (TPSA) is 100 Å². The highest BCUT2D eigenvalue weighted by atomic mass is 32.1. The third kappa shape index (κ3) is 6.39. The molecule has 1 aromatic carbocycles. The lowest BCUT2D eigenvalue weighted by molar-refractivity contribution is -0.148. The molecule has 0 radical (unpaired) electrons. The first kappa shape index (κ1) is 25.5. The predicted octanol–water partition coefficient (Wildman–Crippen LogP) is 5.10. The van der Waals surface area contributed by atoms with Gasteiger partial charge in [-0.25, -0.2) is 4.98 Å². The summed E-state index contributed by atoms with van der Waals surface area (Å²) in [6.07, 6.45) is 0.519. The molecule has 0 aliphatic rings. The van der Waals surface area contributed by atoms with Gasteiger partial charge in [-0.05, 0) is 40.9 Å². The molecule has 1 N–H and O–H groups in total. The molecule has 0 saturated carbocycles. The number of ketones is 1. The molecule has 0 spiro atoms. The Morgan fingerprint density at radius 2 is 1.72 bits per heavy atom. The van der Waals surface area contributed by atoms with E-state index in [1.807, 2.05) is 59.7 Å². The maximum absolute atomic E-state index is 12.3. The van der Waals surface area contributed by atoms with Crippen LogP contribution in [-0.4, -0.2) is 28.4 Å². The van der Waals surface area contributed by atoms with Crippen molar-refractivity contribution in [3.63, 3.8) is 0 Å². The number of phenols is 1. The van der Waals surface area contributed by atoms with E-state index in [4.69, 9.17) is 4.74 Å². The lowest BCUT2D eigenvalue weighted by Gasteiger charge is -2.28.